The van der Waals surface area contributed by atoms with E-state index in [-0.39, 0.29) is 17.0 Å². The van der Waals surface area contributed by atoms with E-state index in [0.717, 1.165) is 17.7 Å². The molecule has 122 valence electrons. The molecule has 0 aliphatic carbocycles. The Morgan fingerprint density at radius 3 is 2.17 bits per heavy atom. The van der Waals surface area contributed by atoms with Crippen LogP contribution in [0.3, 0.4) is 0 Å². The molecule has 0 aliphatic rings. The van der Waals surface area contributed by atoms with Gasteiger partial charge in [0.15, 0.2) is 9.84 Å². The Morgan fingerprint density at radius 2 is 1.61 bits per heavy atom. The van der Waals surface area contributed by atoms with E-state index in [9.17, 15) is 22.0 Å². The number of hydrogen-bond donors (Lipinski definition) is 1. The topological polar surface area (TPSA) is 63.2 Å². The molecule has 1 amide bonds. The molecular weight excluding hydrogens is 324 g/mol. The Bertz CT molecular complexity index is 797. The summed E-state index contributed by atoms with van der Waals surface area (Å²) in [6, 6.07) is 8.99. The first-order chi connectivity index (χ1) is 10.8. The minimum atomic E-state index is -3.76. The van der Waals surface area contributed by atoms with Gasteiger partial charge >= 0.3 is 0 Å². The number of sulfone groups is 1. The van der Waals surface area contributed by atoms with E-state index in [1.807, 2.05) is 6.92 Å². The van der Waals surface area contributed by atoms with Crippen LogP contribution in [-0.2, 0) is 21.2 Å². The number of rotatable bonds is 5. The molecule has 0 saturated carbocycles. The minimum absolute atomic E-state index is 0.0510. The van der Waals surface area contributed by atoms with Gasteiger partial charge in [-0.3, -0.25) is 4.79 Å². The van der Waals surface area contributed by atoms with Gasteiger partial charge in [-0.1, -0.05) is 17.7 Å². The maximum atomic E-state index is 13.0. The summed E-state index contributed by atoms with van der Waals surface area (Å²) in [6.45, 7) is 1.66. The van der Waals surface area contributed by atoms with Crippen LogP contribution in [0.5, 0.6) is 0 Å². The molecule has 4 nitrogen and oxygen atoms in total. The lowest BCUT2D eigenvalue weighted by Crippen LogP contribution is -2.30. The third-order valence-corrected chi connectivity index (χ3v) is 4.75. The monoisotopic (exact) mass is 339 g/mol. The summed E-state index contributed by atoms with van der Waals surface area (Å²) in [6.07, 6.45) is 0. The van der Waals surface area contributed by atoms with Crippen molar-refractivity contribution in [3.8, 4) is 0 Å². The van der Waals surface area contributed by atoms with Gasteiger partial charge in [-0.05, 0) is 36.8 Å². The van der Waals surface area contributed by atoms with Crippen molar-refractivity contribution < 1.29 is 22.0 Å². The second kappa shape index (κ2) is 6.87. The molecule has 2 rings (SSSR count). The van der Waals surface area contributed by atoms with E-state index in [4.69, 9.17) is 0 Å². The van der Waals surface area contributed by atoms with E-state index in [0.29, 0.717) is 6.07 Å². The van der Waals surface area contributed by atoms with Gasteiger partial charge in [0.2, 0.25) is 5.91 Å². The number of carbonyl (C=O) groups excluding carboxylic acids is 1. The summed E-state index contributed by atoms with van der Waals surface area (Å²) in [5.74, 6) is -2.99. The summed E-state index contributed by atoms with van der Waals surface area (Å²) in [7, 11) is -3.76. The van der Waals surface area contributed by atoms with Crippen molar-refractivity contribution in [2.24, 2.45) is 0 Å². The summed E-state index contributed by atoms with van der Waals surface area (Å²) in [5, 5.41) is 2.34. The molecule has 0 spiro atoms. The highest BCUT2D eigenvalue weighted by atomic mass is 32.2. The zero-order valence-corrected chi connectivity index (χ0v) is 13.2. The molecule has 0 fully saturated rings. The Hall–Kier alpha value is -2.28. The molecular formula is C16H15F2NO3S. The van der Waals surface area contributed by atoms with Crippen molar-refractivity contribution in [1.82, 2.24) is 5.32 Å². The first-order valence-electron chi connectivity index (χ1n) is 6.77. The lowest BCUT2D eigenvalue weighted by molar-refractivity contribution is -0.118. The fourth-order valence-corrected chi connectivity index (χ4v) is 3.13. The molecule has 2 aromatic carbocycles. The minimum Gasteiger partial charge on any atom is -0.351 e. The molecule has 23 heavy (non-hydrogen) atoms. The van der Waals surface area contributed by atoms with Gasteiger partial charge in [-0.25, -0.2) is 17.2 Å². The van der Waals surface area contributed by atoms with Crippen molar-refractivity contribution in [1.29, 1.82) is 0 Å². The molecule has 2 aromatic rings. The lowest BCUT2D eigenvalue weighted by Gasteiger charge is -2.07. The predicted molar refractivity (Wildman–Crippen MR) is 81.4 cm³/mol. The van der Waals surface area contributed by atoms with Crippen LogP contribution in [-0.4, -0.2) is 20.1 Å². The maximum Gasteiger partial charge on any atom is 0.235 e. The van der Waals surface area contributed by atoms with Crippen molar-refractivity contribution in [3.63, 3.8) is 0 Å². The third-order valence-electron chi connectivity index (χ3n) is 3.11. The summed E-state index contributed by atoms with van der Waals surface area (Å²) < 4.78 is 50.2. The standard InChI is InChI=1S/C16H15F2NO3S/c1-11-2-4-15(5-3-11)23(21,22)10-16(20)19-9-12-6-13(17)8-14(18)7-12/h2-8H,9-10H2,1H3,(H,19,20). The van der Waals surface area contributed by atoms with Crippen LogP contribution < -0.4 is 5.32 Å². The van der Waals surface area contributed by atoms with Crippen molar-refractivity contribution in [2.45, 2.75) is 18.4 Å². The normalized spacial score (nSPS) is 11.3. The fourth-order valence-electron chi connectivity index (χ4n) is 1.97. The van der Waals surface area contributed by atoms with Gasteiger partial charge in [-0.2, -0.15) is 0 Å². The summed E-state index contributed by atoms with van der Waals surface area (Å²) in [5.41, 5.74) is 1.12. The Balaban J connectivity index is 2.00. The smallest absolute Gasteiger partial charge is 0.235 e. The number of benzene rings is 2. The highest BCUT2D eigenvalue weighted by molar-refractivity contribution is 7.92. The third kappa shape index (κ3) is 4.85. The van der Waals surface area contributed by atoms with Crippen LogP contribution in [0, 0.1) is 18.6 Å². The van der Waals surface area contributed by atoms with Crippen molar-refractivity contribution in [2.75, 3.05) is 5.75 Å². The lowest BCUT2D eigenvalue weighted by atomic mass is 10.2. The van der Waals surface area contributed by atoms with Gasteiger partial charge in [0, 0.05) is 12.6 Å². The van der Waals surface area contributed by atoms with E-state index >= 15 is 0 Å². The van der Waals surface area contributed by atoms with Crippen LogP contribution >= 0.6 is 0 Å². The van der Waals surface area contributed by atoms with Gasteiger partial charge in [0.05, 0.1) is 4.90 Å². The number of nitrogens with one attached hydrogen (secondary N) is 1. The molecule has 7 heteroatoms. The van der Waals surface area contributed by atoms with Gasteiger partial charge in [-0.15, -0.1) is 0 Å². The SMILES string of the molecule is Cc1ccc(S(=O)(=O)CC(=O)NCc2cc(F)cc(F)c2)cc1. The van der Waals surface area contributed by atoms with Crippen LogP contribution in [0.4, 0.5) is 8.78 Å². The maximum absolute atomic E-state index is 13.0. The molecule has 0 saturated heterocycles. The molecule has 0 bridgehead atoms. The Kier molecular flexibility index (Phi) is 5.10. The van der Waals surface area contributed by atoms with Gasteiger partial charge in [0.1, 0.15) is 17.4 Å². The fraction of sp³-hybridized carbons (Fsp3) is 0.188. The van der Waals surface area contributed by atoms with Crippen LogP contribution in [0.2, 0.25) is 0 Å². The molecule has 0 heterocycles. The van der Waals surface area contributed by atoms with E-state index in [2.05, 4.69) is 5.32 Å². The van der Waals surface area contributed by atoms with Crippen LogP contribution in [0.1, 0.15) is 11.1 Å². The molecule has 0 unspecified atom stereocenters. The zero-order valence-electron chi connectivity index (χ0n) is 12.3. The number of hydrogen-bond acceptors (Lipinski definition) is 3. The summed E-state index contributed by atoms with van der Waals surface area (Å²) >= 11 is 0. The second-order valence-electron chi connectivity index (χ2n) is 5.13. The largest absolute Gasteiger partial charge is 0.351 e. The van der Waals surface area contributed by atoms with Gasteiger partial charge in [0.25, 0.3) is 0 Å². The Labute approximate surface area is 133 Å². The van der Waals surface area contributed by atoms with Crippen molar-refractivity contribution >= 4 is 15.7 Å². The molecule has 0 aliphatic heterocycles. The number of amides is 1. The average molecular weight is 339 g/mol. The quantitative estimate of drug-likeness (QED) is 0.910. The van der Waals surface area contributed by atoms with Crippen molar-refractivity contribution in [3.05, 3.63) is 65.2 Å². The van der Waals surface area contributed by atoms with Gasteiger partial charge < -0.3 is 5.32 Å². The van der Waals surface area contributed by atoms with E-state index in [1.165, 1.54) is 12.1 Å². The summed E-state index contributed by atoms with van der Waals surface area (Å²) in [4.78, 5) is 11.8. The molecule has 0 aromatic heterocycles. The number of aryl methyl sites for hydroxylation is 1. The first-order valence-corrected chi connectivity index (χ1v) is 8.42. The molecule has 0 radical (unpaired) electrons. The average Bonchev–Trinajstić information content (AvgIpc) is 2.44. The number of halogens is 2. The highest BCUT2D eigenvalue weighted by Gasteiger charge is 2.19. The molecule has 1 N–H and O–H groups in total. The Morgan fingerprint density at radius 1 is 1.04 bits per heavy atom. The highest BCUT2D eigenvalue weighted by Crippen LogP contribution is 2.12. The van der Waals surface area contributed by atoms with E-state index < -0.39 is 33.1 Å². The second-order valence-corrected chi connectivity index (χ2v) is 7.12. The van der Waals surface area contributed by atoms with E-state index in [1.54, 1.807) is 12.1 Å². The van der Waals surface area contributed by atoms with Crippen LogP contribution in [0.25, 0.3) is 0 Å². The zero-order chi connectivity index (χ0) is 17.0. The number of carbonyl (C=O) groups is 1. The van der Waals surface area contributed by atoms with Crippen LogP contribution in [0.15, 0.2) is 47.4 Å². The predicted octanol–water partition coefficient (Wildman–Crippen LogP) is 2.36. The molecule has 0 atom stereocenters. The first kappa shape index (κ1) is 17.1.